The van der Waals surface area contributed by atoms with Gasteiger partial charge in [-0.05, 0) is 63.2 Å². The van der Waals surface area contributed by atoms with E-state index in [4.69, 9.17) is 0 Å². The number of rotatable bonds is 5. The fourth-order valence-electron chi connectivity index (χ4n) is 3.46. The van der Waals surface area contributed by atoms with Crippen LogP contribution in [0.5, 0.6) is 0 Å². The van der Waals surface area contributed by atoms with Gasteiger partial charge in [0.15, 0.2) is 0 Å². The van der Waals surface area contributed by atoms with Gasteiger partial charge in [0.2, 0.25) is 0 Å². The molecule has 0 atom stereocenters. The minimum Gasteiger partial charge on any atom is -0.306 e. The predicted octanol–water partition coefficient (Wildman–Crippen LogP) is 4.04. The molecule has 0 unspecified atom stereocenters. The van der Waals surface area contributed by atoms with Crippen LogP contribution in [0.25, 0.3) is 0 Å². The molecule has 2 nitrogen and oxygen atoms in total. The highest BCUT2D eigenvalue weighted by atomic mass is 16.1. The number of carbonyl (C=O) groups is 1. The highest BCUT2D eigenvalue weighted by Gasteiger charge is 2.35. The molecule has 0 bridgehead atoms. The first-order valence-electron chi connectivity index (χ1n) is 8.17. The number of aldehydes is 1. The van der Waals surface area contributed by atoms with Crippen LogP contribution >= 0.6 is 0 Å². The van der Waals surface area contributed by atoms with E-state index in [2.05, 4.69) is 57.1 Å². The maximum absolute atomic E-state index is 11.7. The van der Waals surface area contributed by atoms with Gasteiger partial charge in [-0.15, -0.1) is 0 Å². The molecule has 1 aromatic carbocycles. The Morgan fingerprint density at radius 1 is 1.19 bits per heavy atom. The molecular formula is C19H29NO. The highest BCUT2D eigenvalue weighted by molar-refractivity contribution is 5.60. The van der Waals surface area contributed by atoms with Crippen LogP contribution < -0.4 is 0 Å². The molecule has 1 aliphatic carbocycles. The van der Waals surface area contributed by atoms with Gasteiger partial charge in [0.25, 0.3) is 0 Å². The van der Waals surface area contributed by atoms with Crippen molar-refractivity contribution in [3.8, 4) is 0 Å². The van der Waals surface area contributed by atoms with Crippen LogP contribution in [0.15, 0.2) is 24.3 Å². The third-order valence-electron chi connectivity index (χ3n) is 5.13. The summed E-state index contributed by atoms with van der Waals surface area (Å²) in [5.41, 5.74) is 2.54. The van der Waals surface area contributed by atoms with Crippen molar-refractivity contribution in [3.05, 3.63) is 35.4 Å². The maximum atomic E-state index is 11.7. The van der Waals surface area contributed by atoms with Gasteiger partial charge in [0, 0.05) is 11.5 Å². The average molecular weight is 287 g/mol. The average Bonchev–Trinajstić information content (AvgIpc) is 2.48. The Bertz CT molecular complexity index is 453. The monoisotopic (exact) mass is 287 g/mol. The maximum Gasteiger partial charge on any atom is 0.126 e. The topological polar surface area (TPSA) is 20.3 Å². The van der Waals surface area contributed by atoms with Gasteiger partial charge in [0.05, 0.1) is 0 Å². The van der Waals surface area contributed by atoms with Gasteiger partial charge in [-0.3, -0.25) is 0 Å². The summed E-state index contributed by atoms with van der Waals surface area (Å²) in [6, 6.07) is 9.48. The number of nitrogens with zero attached hydrogens (tertiary/aromatic N) is 1. The van der Waals surface area contributed by atoms with E-state index in [1.807, 2.05) is 0 Å². The molecule has 0 spiro atoms. The lowest BCUT2D eigenvalue weighted by atomic mass is 9.70. The second-order valence-corrected chi connectivity index (χ2v) is 7.25. The Morgan fingerprint density at radius 3 is 2.19 bits per heavy atom. The van der Waals surface area contributed by atoms with Gasteiger partial charge in [-0.2, -0.15) is 0 Å². The number of carbonyl (C=O) groups excluding carboxylic acids is 1. The first kappa shape index (κ1) is 16.2. The molecule has 2 heteroatoms. The van der Waals surface area contributed by atoms with E-state index >= 15 is 0 Å². The van der Waals surface area contributed by atoms with Gasteiger partial charge in [0.1, 0.15) is 6.29 Å². The molecule has 0 heterocycles. The zero-order valence-electron chi connectivity index (χ0n) is 13.9. The summed E-state index contributed by atoms with van der Waals surface area (Å²) in [7, 11) is 4.28. The SMILES string of the molecule is CC(C)c1ccc(CC2(C=O)CCC(N(C)C)CC2)cc1. The summed E-state index contributed by atoms with van der Waals surface area (Å²) in [5.74, 6) is 0.564. The molecule has 2 rings (SSSR count). The molecule has 0 aliphatic heterocycles. The van der Waals surface area contributed by atoms with E-state index in [1.165, 1.54) is 17.4 Å². The lowest BCUT2D eigenvalue weighted by Crippen LogP contribution is -2.38. The zero-order chi connectivity index (χ0) is 15.5. The molecule has 0 aromatic heterocycles. The van der Waals surface area contributed by atoms with Gasteiger partial charge < -0.3 is 9.69 Å². The Labute approximate surface area is 129 Å². The molecule has 0 N–H and O–H groups in total. The first-order chi connectivity index (χ1) is 9.96. The van der Waals surface area contributed by atoms with Crippen LogP contribution in [0.1, 0.15) is 56.6 Å². The molecule has 1 saturated carbocycles. The van der Waals surface area contributed by atoms with Crippen molar-refractivity contribution >= 4 is 6.29 Å². The molecule has 1 fully saturated rings. The van der Waals surface area contributed by atoms with Crippen molar-refractivity contribution in [1.82, 2.24) is 4.90 Å². The smallest absolute Gasteiger partial charge is 0.126 e. The summed E-state index contributed by atoms with van der Waals surface area (Å²) in [6.45, 7) is 4.43. The fraction of sp³-hybridized carbons (Fsp3) is 0.632. The predicted molar refractivity (Wildman–Crippen MR) is 88.7 cm³/mol. The van der Waals surface area contributed by atoms with E-state index < -0.39 is 0 Å². The van der Waals surface area contributed by atoms with Crippen molar-refractivity contribution < 1.29 is 4.79 Å². The second kappa shape index (κ2) is 6.74. The summed E-state index contributed by atoms with van der Waals surface area (Å²) in [5, 5.41) is 0. The third-order valence-corrected chi connectivity index (χ3v) is 5.13. The van der Waals surface area contributed by atoms with Crippen molar-refractivity contribution in [3.63, 3.8) is 0 Å². The van der Waals surface area contributed by atoms with E-state index in [-0.39, 0.29) is 5.41 Å². The van der Waals surface area contributed by atoms with Gasteiger partial charge >= 0.3 is 0 Å². The van der Waals surface area contributed by atoms with E-state index in [0.717, 1.165) is 32.1 Å². The molecule has 0 saturated heterocycles. The number of benzene rings is 1. The lowest BCUT2D eigenvalue weighted by molar-refractivity contribution is -0.118. The van der Waals surface area contributed by atoms with Crippen molar-refractivity contribution in [2.75, 3.05) is 14.1 Å². The molecule has 1 aliphatic rings. The standard InChI is InChI=1S/C19H29NO/c1-15(2)17-7-5-16(6-8-17)13-19(14-21)11-9-18(10-12-19)20(3)4/h5-8,14-15,18H,9-13H2,1-4H3. The van der Waals surface area contributed by atoms with Crippen molar-refractivity contribution in [2.24, 2.45) is 5.41 Å². The zero-order valence-corrected chi connectivity index (χ0v) is 13.9. The number of hydrogen-bond acceptors (Lipinski definition) is 2. The van der Waals surface area contributed by atoms with E-state index in [1.54, 1.807) is 0 Å². The summed E-state index contributed by atoms with van der Waals surface area (Å²) >= 11 is 0. The summed E-state index contributed by atoms with van der Waals surface area (Å²) in [6.07, 6.45) is 6.44. The van der Waals surface area contributed by atoms with E-state index in [0.29, 0.717) is 12.0 Å². The van der Waals surface area contributed by atoms with Crippen molar-refractivity contribution in [2.45, 2.75) is 57.9 Å². The molecule has 0 radical (unpaired) electrons. The molecule has 21 heavy (non-hydrogen) atoms. The quantitative estimate of drug-likeness (QED) is 0.762. The fourth-order valence-corrected chi connectivity index (χ4v) is 3.46. The Hall–Kier alpha value is -1.15. The lowest BCUT2D eigenvalue weighted by Gasteiger charge is -2.38. The Balaban J connectivity index is 2.04. The molecular weight excluding hydrogens is 258 g/mol. The normalized spacial score (nSPS) is 26.3. The summed E-state index contributed by atoms with van der Waals surface area (Å²) in [4.78, 5) is 14.0. The van der Waals surface area contributed by atoms with Crippen LogP contribution in [-0.2, 0) is 11.2 Å². The molecule has 116 valence electrons. The minimum atomic E-state index is -0.133. The van der Waals surface area contributed by atoms with Crippen LogP contribution in [0, 0.1) is 5.41 Å². The molecule has 1 aromatic rings. The van der Waals surface area contributed by atoms with Crippen molar-refractivity contribution in [1.29, 1.82) is 0 Å². The third kappa shape index (κ3) is 3.94. The Morgan fingerprint density at radius 2 is 1.76 bits per heavy atom. The summed E-state index contributed by atoms with van der Waals surface area (Å²) < 4.78 is 0. The van der Waals surface area contributed by atoms with Gasteiger partial charge in [-0.25, -0.2) is 0 Å². The Kier molecular flexibility index (Phi) is 5.21. The van der Waals surface area contributed by atoms with E-state index in [9.17, 15) is 4.79 Å². The number of hydrogen-bond donors (Lipinski definition) is 0. The van der Waals surface area contributed by atoms with Crippen LogP contribution in [0.2, 0.25) is 0 Å². The van der Waals surface area contributed by atoms with Gasteiger partial charge in [-0.1, -0.05) is 38.1 Å². The van der Waals surface area contributed by atoms with Crippen LogP contribution in [0.4, 0.5) is 0 Å². The highest BCUT2D eigenvalue weighted by Crippen LogP contribution is 2.38. The van der Waals surface area contributed by atoms with Crippen LogP contribution in [-0.4, -0.2) is 31.3 Å². The minimum absolute atomic E-state index is 0.133. The molecule has 0 amide bonds. The van der Waals surface area contributed by atoms with Crippen LogP contribution in [0.3, 0.4) is 0 Å². The largest absolute Gasteiger partial charge is 0.306 e. The first-order valence-corrected chi connectivity index (χ1v) is 8.17. The second-order valence-electron chi connectivity index (χ2n) is 7.25.